The van der Waals surface area contributed by atoms with Crippen LogP contribution in [-0.2, 0) is 6.54 Å². The molecule has 0 aliphatic rings. The molecule has 0 amide bonds. The molecule has 1 aromatic carbocycles. The molecule has 2 N–H and O–H groups in total. The van der Waals surface area contributed by atoms with Gasteiger partial charge in [-0.2, -0.15) is 5.10 Å². The van der Waals surface area contributed by atoms with Gasteiger partial charge >= 0.3 is 0 Å². The summed E-state index contributed by atoms with van der Waals surface area (Å²) in [4.78, 5) is 0. The van der Waals surface area contributed by atoms with Gasteiger partial charge in [0, 0.05) is 12.4 Å². The number of nitrogens with two attached hydrogens (primary N) is 1. The summed E-state index contributed by atoms with van der Waals surface area (Å²) < 4.78 is 7.43. The van der Waals surface area contributed by atoms with Crippen LogP contribution in [0, 0.1) is 0 Å². The average Bonchev–Trinajstić information content (AvgIpc) is 2.85. The Kier molecular flexibility index (Phi) is 4.16. The summed E-state index contributed by atoms with van der Waals surface area (Å²) in [7, 11) is 0. The van der Waals surface area contributed by atoms with Crippen LogP contribution in [0.15, 0.2) is 42.7 Å². The molecule has 0 fully saturated rings. The maximum absolute atomic E-state index is 5.53. The highest BCUT2D eigenvalue weighted by Crippen LogP contribution is 2.13. The fourth-order valence-corrected chi connectivity index (χ4v) is 1.55. The standard InChI is InChI=1S/C13H17N3O/c14-7-1-10-17-13-5-3-12(4-6-13)11-16-9-2-8-15-16/h2-6,8-9H,1,7,10-11,14H2. The fraction of sp³-hybridized carbons (Fsp3) is 0.308. The zero-order valence-electron chi connectivity index (χ0n) is 9.75. The molecule has 0 spiro atoms. The van der Waals surface area contributed by atoms with Crippen molar-refractivity contribution >= 4 is 0 Å². The van der Waals surface area contributed by atoms with Crippen molar-refractivity contribution in [2.75, 3.05) is 13.2 Å². The van der Waals surface area contributed by atoms with E-state index in [2.05, 4.69) is 17.2 Å². The first kappa shape index (κ1) is 11.7. The molecule has 90 valence electrons. The van der Waals surface area contributed by atoms with Crippen molar-refractivity contribution in [1.29, 1.82) is 0 Å². The van der Waals surface area contributed by atoms with Gasteiger partial charge in [0.25, 0.3) is 0 Å². The molecular weight excluding hydrogens is 214 g/mol. The highest BCUT2D eigenvalue weighted by Gasteiger charge is 1.97. The molecule has 0 aliphatic heterocycles. The average molecular weight is 231 g/mol. The summed E-state index contributed by atoms with van der Waals surface area (Å²) >= 11 is 0. The maximum atomic E-state index is 5.53. The molecule has 17 heavy (non-hydrogen) atoms. The van der Waals surface area contributed by atoms with E-state index in [1.165, 1.54) is 5.56 Å². The van der Waals surface area contributed by atoms with Crippen LogP contribution in [0.25, 0.3) is 0 Å². The first-order valence-corrected chi connectivity index (χ1v) is 5.78. The van der Waals surface area contributed by atoms with Crippen molar-refractivity contribution in [1.82, 2.24) is 9.78 Å². The first-order chi connectivity index (χ1) is 8.38. The topological polar surface area (TPSA) is 53.1 Å². The zero-order chi connectivity index (χ0) is 11.9. The summed E-state index contributed by atoms with van der Waals surface area (Å²) in [6.45, 7) is 2.13. The molecule has 0 radical (unpaired) electrons. The van der Waals surface area contributed by atoms with Crippen LogP contribution in [0.3, 0.4) is 0 Å². The van der Waals surface area contributed by atoms with Gasteiger partial charge < -0.3 is 10.5 Å². The van der Waals surface area contributed by atoms with Crippen molar-refractivity contribution in [3.63, 3.8) is 0 Å². The van der Waals surface area contributed by atoms with E-state index in [1.807, 2.05) is 29.1 Å². The van der Waals surface area contributed by atoms with Crippen molar-refractivity contribution in [3.8, 4) is 5.75 Å². The lowest BCUT2D eigenvalue weighted by molar-refractivity contribution is 0.313. The van der Waals surface area contributed by atoms with Crippen LogP contribution in [0.2, 0.25) is 0 Å². The van der Waals surface area contributed by atoms with Gasteiger partial charge in [0.2, 0.25) is 0 Å². The van der Waals surface area contributed by atoms with E-state index in [0.29, 0.717) is 13.2 Å². The fourth-order valence-electron chi connectivity index (χ4n) is 1.55. The Hall–Kier alpha value is -1.81. The SMILES string of the molecule is NCCCOc1ccc(Cn2cccn2)cc1. The third-order valence-corrected chi connectivity index (χ3v) is 2.44. The van der Waals surface area contributed by atoms with Crippen molar-refractivity contribution < 1.29 is 4.74 Å². The lowest BCUT2D eigenvalue weighted by Crippen LogP contribution is -2.06. The normalized spacial score (nSPS) is 10.4. The minimum atomic E-state index is 0.664. The monoisotopic (exact) mass is 231 g/mol. The van der Waals surface area contributed by atoms with E-state index >= 15 is 0 Å². The van der Waals surface area contributed by atoms with Crippen LogP contribution < -0.4 is 10.5 Å². The Labute approximate surface area is 101 Å². The number of aromatic nitrogens is 2. The van der Waals surface area contributed by atoms with Gasteiger partial charge in [-0.1, -0.05) is 12.1 Å². The van der Waals surface area contributed by atoms with Crippen molar-refractivity contribution in [2.45, 2.75) is 13.0 Å². The van der Waals surface area contributed by atoms with Gasteiger partial charge in [-0.05, 0) is 36.7 Å². The summed E-state index contributed by atoms with van der Waals surface area (Å²) in [6, 6.07) is 9.99. The third-order valence-electron chi connectivity index (χ3n) is 2.44. The second kappa shape index (κ2) is 6.06. The molecule has 0 bridgehead atoms. The van der Waals surface area contributed by atoms with Gasteiger partial charge in [-0.15, -0.1) is 0 Å². The van der Waals surface area contributed by atoms with Gasteiger partial charge in [0.05, 0.1) is 13.2 Å². The number of hydrogen-bond donors (Lipinski definition) is 1. The van der Waals surface area contributed by atoms with Crippen LogP contribution in [0.4, 0.5) is 0 Å². The Morgan fingerprint density at radius 1 is 1.24 bits per heavy atom. The van der Waals surface area contributed by atoms with Crippen molar-refractivity contribution in [3.05, 3.63) is 48.3 Å². The molecule has 0 saturated carbocycles. The number of rotatable bonds is 6. The molecule has 1 heterocycles. The highest BCUT2D eigenvalue weighted by molar-refractivity contribution is 5.27. The Bertz CT molecular complexity index is 422. The molecule has 0 saturated heterocycles. The third kappa shape index (κ3) is 3.60. The second-order valence-corrected chi connectivity index (χ2v) is 3.84. The lowest BCUT2D eigenvalue weighted by atomic mass is 10.2. The second-order valence-electron chi connectivity index (χ2n) is 3.84. The van der Waals surface area contributed by atoms with E-state index in [0.717, 1.165) is 18.7 Å². The van der Waals surface area contributed by atoms with E-state index in [1.54, 1.807) is 6.20 Å². The largest absolute Gasteiger partial charge is 0.494 e. The maximum Gasteiger partial charge on any atom is 0.119 e. The van der Waals surface area contributed by atoms with E-state index in [-0.39, 0.29) is 0 Å². The van der Waals surface area contributed by atoms with Crippen LogP contribution in [-0.4, -0.2) is 22.9 Å². The molecule has 4 nitrogen and oxygen atoms in total. The zero-order valence-corrected chi connectivity index (χ0v) is 9.75. The van der Waals surface area contributed by atoms with Gasteiger partial charge in [0.1, 0.15) is 5.75 Å². The molecular formula is C13H17N3O. The highest BCUT2D eigenvalue weighted by atomic mass is 16.5. The summed E-state index contributed by atoms with van der Waals surface area (Å²) in [5.41, 5.74) is 6.61. The first-order valence-electron chi connectivity index (χ1n) is 5.78. The van der Waals surface area contributed by atoms with Gasteiger partial charge in [-0.3, -0.25) is 4.68 Å². The van der Waals surface area contributed by atoms with Gasteiger partial charge in [-0.25, -0.2) is 0 Å². The van der Waals surface area contributed by atoms with E-state index < -0.39 is 0 Å². The summed E-state index contributed by atoms with van der Waals surface area (Å²) in [5, 5.41) is 4.17. The molecule has 0 unspecified atom stereocenters. The Balaban J connectivity index is 1.89. The van der Waals surface area contributed by atoms with Crippen molar-refractivity contribution in [2.24, 2.45) is 5.73 Å². The lowest BCUT2D eigenvalue weighted by Gasteiger charge is -2.06. The van der Waals surface area contributed by atoms with Crippen LogP contribution in [0.5, 0.6) is 5.75 Å². The number of ether oxygens (including phenoxy) is 1. The van der Waals surface area contributed by atoms with Crippen LogP contribution in [0.1, 0.15) is 12.0 Å². The predicted molar refractivity (Wildman–Crippen MR) is 66.9 cm³/mol. The Morgan fingerprint density at radius 2 is 2.06 bits per heavy atom. The number of hydrogen-bond acceptors (Lipinski definition) is 3. The summed E-state index contributed by atoms with van der Waals surface area (Å²) in [6.07, 6.45) is 4.62. The minimum absolute atomic E-state index is 0.664. The number of nitrogens with zero attached hydrogens (tertiary/aromatic N) is 2. The molecule has 1 aromatic heterocycles. The van der Waals surface area contributed by atoms with E-state index in [9.17, 15) is 0 Å². The molecule has 0 aliphatic carbocycles. The number of benzene rings is 1. The summed E-state index contributed by atoms with van der Waals surface area (Å²) in [5.74, 6) is 0.891. The molecule has 0 atom stereocenters. The van der Waals surface area contributed by atoms with E-state index in [4.69, 9.17) is 10.5 Å². The molecule has 4 heteroatoms. The van der Waals surface area contributed by atoms with Gasteiger partial charge in [0.15, 0.2) is 0 Å². The molecule has 2 aromatic rings. The molecule has 2 rings (SSSR count). The smallest absolute Gasteiger partial charge is 0.119 e. The van der Waals surface area contributed by atoms with Crippen LogP contribution >= 0.6 is 0 Å². The quantitative estimate of drug-likeness (QED) is 0.769. The Morgan fingerprint density at radius 3 is 2.71 bits per heavy atom. The minimum Gasteiger partial charge on any atom is -0.494 e. The predicted octanol–water partition coefficient (Wildman–Crippen LogP) is 1.66.